The van der Waals surface area contributed by atoms with Crippen molar-refractivity contribution in [2.75, 3.05) is 26.3 Å². The second kappa shape index (κ2) is 5.50. The number of carboxylic acid groups (broad SMARTS) is 1. The second-order valence-electron chi connectivity index (χ2n) is 4.99. The molecule has 4 nitrogen and oxygen atoms in total. The molecule has 4 heteroatoms. The highest BCUT2D eigenvalue weighted by atomic mass is 16.5. The number of carbonyl (C=O) groups is 1. The summed E-state index contributed by atoms with van der Waals surface area (Å²) in [7, 11) is 0. The molecule has 0 spiro atoms. The van der Waals surface area contributed by atoms with Gasteiger partial charge < -0.3 is 15.2 Å². The highest BCUT2D eigenvalue weighted by molar-refractivity contribution is 5.76. The van der Waals surface area contributed by atoms with Crippen LogP contribution in [0.3, 0.4) is 0 Å². The van der Waals surface area contributed by atoms with Gasteiger partial charge in [-0.3, -0.25) is 4.79 Å². The van der Waals surface area contributed by atoms with Crippen LogP contribution in [0, 0.1) is 12.3 Å². The van der Waals surface area contributed by atoms with Gasteiger partial charge in [0.15, 0.2) is 0 Å². The van der Waals surface area contributed by atoms with Crippen LogP contribution in [0.4, 0.5) is 0 Å². The molecule has 0 atom stereocenters. The van der Waals surface area contributed by atoms with E-state index in [1.54, 1.807) is 0 Å². The molecule has 0 aliphatic carbocycles. The van der Waals surface area contributed by atoms with Gasteiger partial charge in [-0.05, 0) is 25.5 Å². The molecule has 1 fully saturated rings. The van der Waals surface area contributed by atoms with Crippen LogP contribution in [0.25, 0.3) is 0 Å². The Labute approximate surface area is 107 Å². The van der Waals surface area contributed by atoms with Gasteiger partial charge in [0.25, 0.3) is 0 Å². The van der Waals surface area contributed by atoms with Crippen LogP contribution in [0.2, 0.25) is 0 Å². The van der Waals surface area contributed by atoms with Crippen molar-refractivity contribution >= 4 is 5.97 Å². The van der Waals surface area contributed by atoms with Gasteiger partial charge in [0, 0.05) is 6.54 Å². The van der Waals surface area contributed by atoms with E-state index in [4.69, 9.17) is 9.84 Å². The molecule has 1 aliphatic rings. The molecule has 18 heavy (non-hydrogen) atoms. The van der Waals surface area contributed by atoms with Crippen LogP contribution in [0.1, 0.15) is 11.1 Å². The number of aliphatic carboxylic acids is 1. The SMILES string of the molecule is Cc1ccc(CCNCC2(C(=O)O)COC2)cc1. The van der Waals surface area contributed by atoms with E-state index < -0.39 is 11.4 Å². The van der Waals surface area contributed by atoms with E-state index in [0.717, 1.165) is 13.0 Å². The molecule has 2 N–H and O–H groups in total. The zero-order valence-electron chi connectivity index (χ0n) is 10.6. The summed E-state index contributed by atoms with van der Waals surface area (Å²) in [4.78, 5) is 11.1. The molecule has 0 radical (unpaired) electrons. The number of ether oxygens (including phenoxy) is 1. The maximum absolute atomic E-state index is 11.1. The molecule has 1 saturated heterocycles. The molecule has 1 aromatic carbocycles. The zero-order chi connectivity index (χ0) is 13.0. The van der Waals surface area contributed by atoms with Gasteiger partial charge in [0.2, 0.25) is 0 Å². The summed E-state index contributed by atoms with van der Waals surface area (Å²) in [6, 6.07) is 8.40. The molecule has 98 valence electrons. The Hall–Kier alpha value is -1.39. The maximum atomic E-state index is 11.1. The maximum Gasteiger partial charge on any atom is 0.315 e. The van der Waals surface area contributed by atoms with E-state index >= 15 is 0 Å². The predicted octanol–water partition coefficient (Wildman–Crippen LogP) is 1.23. The van der Waals surface area contributed by atoms with Crippen LogP contribution in [-0.4, -0.2) is 37.4 Å². The van der Waals surface area contributed by atoms with Crippen LogP contribution < -0.4 is 5.32 Å². The number of aryl methyl sites for hydroxylation is 1. The minimum absolute atomic E-state index is 0.319. The molecule has 2 rings (SSSR count). The Balaban J connectivity index is 1.73. The van der Waals surface area contributed by atoms with Crippen molar-refractivity contribution in [2.45, 2.75) is 13.3 Å². The average Bonchev–Trinajstić information content (AvgIpc) is 2.29. The normalized spacial score (nSPS) is 17.2. The van der Waals surface area contributed by atoms with Crippen LogP contribution in [-0.2, 0) is 16.0 Å². The Morgan fingerprint density at radius 3 is 2.56 bits per heavy atom. The summed E-state index contributed by atoms with van der Waals surface area (Å²) < 4.78 is 5.01. The quantitative estimate of drug-likeness (QED) is 0.744. The second-order valence-corrected chi connectivity index (χ2v) is 4.99. The fourth-order valence-corrected chi connectivity index (χ4v) is 1.96. The first kappa shape index (κ1) is 13.1. The lowest BCUT2D eigenvalue weighted by Gasteiger charge is -2.37. The van der Waals surface area contributed by atoms with Crippen molar-refractivity contribution in [3.63, 3.8) is 0 Å². The molecule has 0 unspecified atom stereocenters. The van der Waals surface area contributed by atoms with Gasteiger partial charge in [0.1, 0.15) is 5.41 Å². The number of hydrogen-bond acceptors (Lipinski definition) is 3. The number of hydrogen-bond donors (Lipinski definition) is 2. The number of nitrogens with one attached hydrogen (secondary N) is 1. The molecule has 1 heterocycles. The molecule has 1 aliphatic heterocycles. The Kier molecular flexibility index (Phi) is 3.99. The van der Waals surface area contributed by atoms with Gasteiger partial charge in [-0.1, -0.05) is 29.8 Å². The minimum atomic E-state index is -0.767. The summed E-state index contributed by atoms with van der Waals surface area (Å²) in [5.74, 6) is -0.767. The van der Waals surface area contributed by atoms with Crippen molar-refractivity contribution in [3.8, 4) is 0 Å². The number of carboxylic acids is 1. The highest BCUT2D eigenvalue weighted by Gasteiger charge is 2.45. The third-order valence-electron chi connectivity index (χ3n) is 3.38. The first-order valence-electron chi connectivity index (χ1n) is 6.20. The number of benzene rings is 1. The lowest BCUT2D eigenvalue weighted by molar-refractivity contribution is -0.178. The Bertz CT molecular complexity index is 410. The first-order valence-corrected chi connectivity index (χ1v) is 6.20. The number of rotatable bonds is 6. The predicted molar refractivity (Wildman–Crippen MR) is 68.6 cm³/mol. The molecular weight excluding hydrogens is 230 g/mol. The lowest BCUT2D eigenvalue weighted by atomic mass is 9.86. The third-order valence-corrected chi connectivity index (χ3v) is 3.38. The standard InChI is InChI=1S/C14H19NO3/c1-11-2-4-12(5-3-11)6-7-15-8-14(13(16)17)9-18-10-14/h2-5,15H,6-10H2,1H3,(H,16,17). The lowest BCUT2D eigenvalue weighted by Crippen LogP contribution is -2.55. The van der Waals surface area contributed by atoms with Gasteiger partial charge in [-0.15, -0.1) is 0 Å². The summed E-state index contributed by atoms with van der Waals surface area (Å²) in [5, 5.41) is 12.3. The van der Waals surface area contributed by atoms with Crippen LogP contribution >= 0.6 is 0 Å². The zero-order valence-corrected chi connectivity index (χ0v) is 10.6. The summed E-state index contributed by atoms with van der Waals surface area (Å²) in [6.45, 7) is 3.97. The first-order chi connectivity index (χ1) is 8.62. The van der Waals surface area contributed by atoms with Gasteiger partial charge >= 0.3 is 5.97 Å². The average molecular weight is 249 g/mol. The van der Waals surface area contributed by atoms with Crippen LogP contribution in [0.15, 0.2) is 24.3 Å². The third kappa shape index (κ3) is 2.89. The van der Waals surface area contributed by atoms with Gasteiger partial charge in [0.05, 0.1) is 13.2 Å². The van der Waals surface area contributed by atoms with Crippen molar-refractivity contribution in [2.24, 2.45) is 5.41 Å². The van der Waals surface area contributed by atoms with Crippen LogP contribution in [0.5, 0.6) is 0 Å². The fraction of sp³-hybridized carbons (Fsp3) is 0.500. The molecular formula is C14H19NO3. The van der Waals surface area contributed by atoms with Crippen molar-refractivity contribution < 1.29 is 14.6 Å². The summed E-state index contributed by atoms with van der Waals surface area (Å²) >= 11 is 0. The van der Waals surface area contributed by atoms with E-state index in [9.17, 15) is 4.79 Å². The Morgan fingerprint density at radius 2 is 2.06 bits per heavy atom. The summed E-state index contributed by atoms with van der Waals surface area (Å²) in [6.07, 6.45) is 0.914. The molecule has 0 bridgehead atoms. The molecule has 0 saturated carbocycles. The van der Waals surface area contributed by atoms with Gasteiger partial charge in [-0.2, -0.15) is 0 Å². The van der Waals surface area contributed by atoms with E-state index in [-0.39, 0.29) is 0 Å². The minimum Gasteiger partial charge on any atom is -0.481 e. The van der Waals surface area contributed by atoms with Crippen molar-refractivity contribution in [1.29, 1.82) is 0 Å². The van der Waals surface area contributed by atoms with Gasteiger partial charge in [-0.25, -0.2) is 0 Å². The smallest absolute Gasteiger partial charge is 0.315 e. The van der Waals surface area contributed by atoms with E-state index in [1.165, 1.54) is 11.1 Å². The van der Waals surface area contributed by atoms with E-state index in [0.29, 0.717) is 19.8 Å². The summed E-state index contributed by atoms with van der Waals surface area (Å²) in [5.41, 5.74) is 1.82. The van der Waals surface area contributed by atoms with Crippen molar-refractivity contribution in [1.82, 2.24) is 5.32 Å². The molecule has 1 aromatic rings. The largest absolute Gasteiger partial charge is 0.481 e. The van der Waals surface area contributed by atoms with E-state index in [1.807, 2.05) is 0 Å². The Morgan fingerprint density at radius 1 is 1.39 bits per heavy atom. The fourth-order valence-electron chi connectivity index (χ4n) is 1.96. The topological polar surface area (TPSA) is 58.6 Å². The van der Waals surface area contributed by atoms with E-state index in [2.05, 4.69) is 36.5 Å². The van der Waals surface area contributed by atoms with Crippen molar-refractivity contribution in [3.05, 3.63) is 35.4 Å². The highest BCUT2D eigenvalue weighted by Crippen LogP contribution is 2.26. The molecule has 0 aromatic heterocycles. The molecule has 0 amide bonds. The monoisotopic (exact) mass is 249 g/mol.